The van der Waals surface area contributed by atoms with Crippen LogP contribution >= 0.6 is 0 Å². The van der Waals surface area contributed by atoms with E-state index in [1.165, 1.54) is 22.9 Å². The van der Waals surface area contributed by atoms with Crippen LogP contribution in [-0.2, 0) is 0 Å². The molecule has 2 aromatic rings. The summed E-state index contributed by atoms with van der Waals surface area (Å²) in [5.74, 6) is -0.224. The highest BCUT2D eigenvalue weighted by molar-refractivity contribution is 5.60. The molecule has 0 amide bonds. The first-order chi connectivity index (χ1) is 10.2. The molecule has 0 spiro atoms. The van der Waals surface area contributed by atoms with Gasteiger partial charge in [0.2, 0.25) is 0 Å². The summed E-state index contributed by atoms with van der Waals surface area (Å²) in [6.45, 7) is 6.09. The SMILES string of the molecule is CC.Cc1cc(-c2ccc(F)cc2)nc2c1=CCC=CC=2. The van der Waals surface area contributed by atoms with E-state index in [2.05, 4.69) is 30.1 Å². The number of aromatic nitrogens is 1. The Bertz CT molecular complexity index is 755. The Morgan fingerprint density at radius 3 is 2.52 bits per heavy atom. The predicted molar refractivity (Wildman–Crippen MR) is 87.7 cm³/mol. The fraction of sp³-hybridized carbons (Fsp3) is 0.211. The Morgan fingerprint density at radius 1 is 1.10 bits per heavy atom. The van der Waals surface area contributed by atoms with Crippen LogP contribution in [0.5, 0.6) is 0 Å². The minimum absolute atomic E-state index is 0.224. The third-order valence-corrected chi connectivity index (χ3v) is 3.28. The van der Waals surface area contributed by atoms with Crippen LogP contribution in [-0.4, -0.2) is 4.98 Å². The van der Waals surface area contributed by atoms with E-state index in [1.54, 1.807) is 12.1 Å². The van der Waals surface area contributed by atoms with Crippen molar-refractivity contribution in [2.24, 2.45) is 0 Å². The number of rotatable bonds is 1. The summed E-state index contributed by atoms with van der Waals surface area (Å²) in [4.78, 5) is 4.67. The summed E-state index contributed by atoms with van der Waals surface area (Å²) < 4.78 is 13.0. The van der Waals surface area contributed by atoms with E-state index in [-0.39, 0.29) is 5.82 Å². The first-order valence-corrected chi connectivity index (χ1v) is 7.35. The van der Waals surface area contributed by atoms with Crippen LogP contribution in [0.1, 0.15) is 25.8 Å². The molecule has 0 aliphatic heterocycles. The summed E-state index contributed by atoms with van der Waals surface area (Å²) in [5.41, 5.74) is 3.02. The number of benzene rings is 1. The molecule has 2 heteroatoms. The molecule has 3 rings (SSSR count). The van der Waals surface area contributed by atoms with Gasteiger partial charge in [0.15, 0.2) is 0 Å². The Balaban J connectivity index is 0.000000774. The molecule has 0 saturated heterocycles. The van der Waals surface area contributed by atoms with Crippen molar-refractivity contribution in [1.82, 2.24) is 4.98 Å². The van der Waals surface area contributed by atoms with Gasteiger partial charge in [0.1, 0.15) is 5.82 Å². The second kappa shape index (κ2) is 6.98. The van der Waals surface area contributed by atoms with Crippen molar-refractivity contribution in [2.75, 3.05) is 0 Å². The maximum absolute atomic E-state index is 13.0. The maximum atomic E-state index is 13.0. The van der Waals surface area contributed by atoms with Gasteiger partial charge < -0.3 is 0 Å². The highest BCUT2D eigenvalue weighted by Gasteiger charge is 2.03. The van der Waals surface area contributed by atoms with Crippen LogP contribution in [0.4, 0.5) is 4.39 Å². The van der Waals surface area contributed by atoms with Gasteiger partial charge in [0, 0.05) is 5.56 Å². The molecule has 1 aromatic carbocycles. The molecule has 1 aliphatic rings. The van der Waals surface area contributed by atoms with Crippen molar-refractivity contribution in [3.8, 4) is 11.3 Å². The zero-order chi connectivity index (χ0) is 15.2. The van der Waals surface area contributed by atoms with Gasteiger partial charge >= 0.3 is 0 Å². The molecule has 0 N–H and O–H groups in total. The molecular formula is C19H20FN. The third kappa shape index (κ3) is 3.46. The van der Waals surface area contributed by atoms with Crippen molar-refractivity contribution >= 4 is 12.2 Å². The van der Waals surface area contributed by atoms with Gasteiger partial charge in [-0.1, -0.05) is 32.1 Å². The minimum atomic E-state index is -0.224. The average Bonchev–Trinajstić information content (AvgIpc) is 2.76. The van der Waals surface area contributed by atoms with Crippen molar-refractivity contribution in [2.45, 2.75) is 27.2 Å². The fourth-order valence-corrected chi connectivity index (χ4v) is 2.29. The largest absolute Gasteiger partial charge is 0.248 e. The molecule has 0 atom stereocenters. The standard InChI is InChI=1S/C17H14FN.C2H6/c1-12-11-17(13-7-9-14(18)10-8-13)19-16-6-4-2-3-5-15(12)16;1-2/h2,4-11H,3H2,1H3;1-2H3. The quantitative estimate of drug-likeness (QED) is 0.776. The molecule has 1 heterocycles. The highest BCUT2D eigenvalue weighted by Crippen LogP contribution is 2.16. The number of nitrogens with zero attached hydrogens (tertiary/aromatic N) is 1. The van der Waals surface area contributed by atoms with Gasteiger partial charge in [-0.05, 0) is 60.5 Å². The summed E-state index contributed by atoms with van der Waals surface area (Å²) in [5, 5.41) is 2.17. The smallest absolute Gasteiger partial charge is 0.123 e. The van der Waals surface area contributed by atoms with E-state index < -0.39 is 0 Å². The zero-order valence-electron chi connectivity index (χ0n) is 12.7. The van der Waals surface area contributed by atoms with Crippen LogP contribution < -0.4 is 10.6 Å². The van der Waals surface area contributed by atoms with Crippen molar-refractivity contribution in [1.29, 1.82) is 0 Å². The number of allylic oxidation sites excluding steroid dienone is 2. The lowest BCUT2D eigenvalue weighted by atomic mass is 10.1. The van der Waals surface area contributed by atoms with Crippen LogP contribution in [0.15, 0.2) is 42.5 Å². The second-order valence-corrected chi connectivity index (χ2v) is 4.66. The molecule has 0 fully saturated rings. The predicted octanol–water partition coefficient (Wildman–Crippen LogP) is 3.74. The van der Waals surface area contributed by atoms with Gasteiger partial charge in [-0.2, -0.15) is 0 Å². The molecule has 21 heavy (non-hydrogen) atoms. The Morgan fingerprint density at radius 2 is 1.81 bits per heavy atom. The van der Waals surface area contributed by atoms with Crippen molar-refractivity contribution < 1.29 is 4.39 Å². The highest BCUT2D eigenvalue weighted by atomic mass is 19.1. The van der Waals surface area contributed by atoms with Crippen molar-refractivity contribution in [3.05, 3.63) is 64.4 Å². The van der Waals surface area contributed by atoms with E-state index in [9.17, 15) is 4.39 Å². The van der Waals surface area contributed by atoms with E-state index in [0.29, 0.717) is 0 Å². The van der Waals surface area contributed by atoms with E-state index in [4.69, 9.17) is 0 Å². The van der Waals surface area contributed by atoms with Gasteiger partial charge in [-0.15, -0.1) is 0 Å². The molecule has 0 unspecified atom stereocenters. The van der Waals surface area contributed by atoms with Gasteiger partial charge in [0.25, 0.3) is 0 Å². The number of aryl methyl sites for hydroxylation is 1. The minimum Gasteiger partial charge on any atom is -0.248 e. The molecule has 1 aliphatic carbocycles. The van der Waals surface area contributed by atoms with Crippen LogP contribution in [0.25, 0.3) is 23.4 Å². The Hall–Kier alpha value is -2.22. The maximum Gasteiger partial charge on any atom is 0.123 e. The van der Waals surface area contributed by atoms with Gasteiger partial charge in [-0.3, -0.25) is 0 Å². The molecule has 1 aromatic heterocycles. The van der Waals surface area contributed by atoms with Gasteiger partial charge in [-0.25, -0.2) is 9.37 Å². The second-order valence-electron chi connectivity index (χ2n) is 4.66. The summed E-state index contributed by atoms with van der Waals surface area (Å²) in [6, 6.07) is 8.52. The number of fused-ring (bicyclic) bond motifs is 1. The zero-order valence-corrected chi connectivity index (χ0v) is 12.7. The van der Waals surface area contributed by atoms with Crippen molar-refractivity contribution in [3.63, 3.8) is 0 Å². The van der Waals surface area contributed by atoms with Crippen LogP contribution in [0.2, 0.25) is 0 Å². The lowest BCUT2D eigenvalue weighted by molar-refractivity contribution is 0.628. The average molecular weight is 281 g/mol. The van der Waals surface area contributed by atoms with Gasteiger partial charge in [0.05, 0.1) is 11.0 Å². The summed E-state index contributed by atoms with van der Waals surface area (Å²) in [6.07, 6.45) is 9.29. The number of pyridine rings is 1. The topological polar surface area (TPSA) is 12.9 Å². The molecule has 1 nitrogen and oxygen atoms in total. The molecule has 108 valence electrons. The normalized spacial score (nSPS) is 12.2. The number of halogens is 1. The third-order valence-electron chi connectivity index (χ3n) is 3.28. The Labute approximate surface area is 125 Å². The summed E-state index contributed by atoms with van der Waals surface area (Å²) >= 11 is 0. The first kappa shape index (κ1) is 15.2. The number of hydrogen-bond acceptors (Lipinski definition) is 1. The first-order valence-electron chi connectivity index (χ1n) is 7.35. The lowest BCUT2D eigenvalue weighted by Crippen LogP contribution is -2.30. The van der Waals surface area contributed by atoms with Crippen LogP contribution in [0, 0.1) is 12.7 Å². The Kier molecular flexibility index (Phi) is 5.04. The molecular weight excluding hydrogens is 261 g/mol. The van der Waals surface area contributed by atoms with E-state index >= 15 is 0 Å². The van der Waals surface area contributed by atoms with E-state index in [1.807, 2.05) is 26.0 Å². The molecule has 0 radical (unpaired) electrons. The van der Waals surface area contributed by atoms with Crippen LogP contribution in [0.3, 0.4) is 0 Å². The molecule has 0 saturated carbocycles. The monoisotopic (exact) mass is 281 g/mol. The summed E-state index contributed by atoms with van der Waals surface area (Å²) in [7, 11) is 0. The molecule has 0 bridgehead atoms. The number of hydrogen-bond donors (Lipinski definition) is 0. The van der Waals surface area contributed by atoms with E-state index in [0.717, 1.165) is 23.0 Å². The lowest BCUT2D eigenvalue weighted by Gasteiger charge is -2.04. The fourth-order valence-electron chi connectivity index (χ4n) is 2.29.